The molecule has 4 aromatic rings. The first-order chi connectivity index (χ1) is 16.6. The van der Waals surface area contributed by atoms with Crippen molar-refractivity contribution < 1.29 is 18.7 Å². The van der Waals surface area contributed by atoms with Gasteiger partial charge in [0.25, 0.3) is 0 Å². The molecule has 182 valence electrons. The number of aryl methyl sites for hydroxylation is 1. The number of halogens is 2. The zero-order valence-electron chi connectivity index (χ0n) is 20.2. The van der Waals surface area contributed by atoms with Crippen molar-refractivity contribution in [3.63, 3.8) is 0 Å². The van der Waals surface area contributed by atoms with Gasteiger partial charge in [-0.1, -0.05) is 39.0 Å². The molecule has 4 rings (SSSR count). The molecule has 0 aliphatic rings. The van der Waals surface area contributed by atoms with E-state index in [1.165, 1.54) is 18.2 Å². The van der Waals surface area contributed by atoms with Crippen LogP contribution in [-0.4, -0.2) is 33.4 Å². The Morgan fingerprint density at radius 2 is 1.69 bits per heavy atom. The first-order valence-corrected chi connectivity index (χ1v) is 11.5. The number of benzene rings is 3. The number of amides is 1. The fraction of sp³-hybridized carbons (Fsp3) is 0.286. The minimum absolute atomic E-state index is 0.209. The van der Waals surface area contributed by atoms with Crippen LogP contribution in [0.15, 0.2) is 66.9 Å². The lowest BCUT2D eigenvalue weighted by atomic mass is 9.83. The second-order valence-electron chi connectivity index (χ2n) is 9.85. The summed E-state index contributed by atoms with van der Waals surface area (Å²) in [5.74, 6) is -1.39. The lowest BCUT2D eigenvalue weighted by Gasteiger charge is -2.30. The molecule has 1 aromatic heterocycles. The van der Waals surface area contributed by atoms with Gasteiger partial charge >= 0.3 is 0 Å². The molecular formula is C28H29F2N3O2. The topological polar surface area (TPSA) is 67.2 Å². The van der Waals surface area contributed by atoms with Crippen molar-refractivity contribution in [2.75, 3.05) is 6.61 Å². The molecule has 0 radical (unpaired) electrons. The summed E-state index contributed by atoms with van der Waals surface area (Å²) >= 11 is 0. The molecule has 0 saturated heterocycles. The van der Waals surface area contributed by atoms with Gasteiger partial charge in [0.05, 0.1) is 30.0 Å². The van der Waals surface area contributed by atoms with Crippen LogP contribution < -0.4 is 5.32 Å². The molecule has 3 aromatic carbocycles. The van der Waals surface area contributed by atoms with E-state index in [9.17, 15) is 18.7 Å². The van der Waals surface area contributed by atoms with Crippen molar-refractivity contribution in [3.8, 4) is 5.69 Å². The highest BCUT2D eigenvalue weighted by Crippen LogP contribution is 2.32. The first-order valence-electron chi connectivity index (χ1n) is 11.5. The Morgan fingerprint density at radius 1 is 1.03 bits per heavy atom. The molecule has 5 nitrogen and oxygen atoms in total. The Bertz CT molecular complexity index is 1360. The number of aliphatic hydroxyl groups excluding tert-OH is 1. The van der Waals surface area contributed by atoms with Crippen molar-refractivity contribution >= 4 is 16.8 Å². The van der Waals surface area contributed by atoms with Gasteiger partial charge in [0.1, 0.15) is 11.6 Å². The van der Waals surface area contributed by atoms with Crippen molar-refractivity contribution in [1.82, 2.24) is 15.1 Å². The lowest BCUT2D eigenvalue weighted by molar-refractivity contribution is -0.129. The van der Waals surface area contributed by atoms with E-state index in [0.29, 0.717) is 11.1 Å². The molecule has 0 saturated carbocycles. The molecule has 2 N–H and O–H groups in total. The minimum atomic E-state index is -0.673. The zero-order chi connectivity index (χ0) is 25.3. The number of nitrogens with zero attached hydrogens (tertiary/aromatic N) is 2. The molecule has 0 aliphatic carbocycles. The molecule has 0 fully saturated rings. The lowest BCUT2D eigenvalue weighted by Crippen LogP contribution is -2.46. The smallest absolute Gasteiger partial charge is 0.225 e. The highest BCUT2D eigenvalue weighted by Gasteiger charge is 2.31. The van der Waals surface area contributed by atoms with E-state index in [2.05, 4.69) is 10.4 Å². The molecule has 2 atom stereocenters. The Kier molecular flexibility index (Phi) is 6.72. The summed E-state index contributed by atoms with van der Waals surface area (Å²) in [6, 6.07) is 16.1. The van der Waals surface area contributed by atoms with Gasteiger partial charge in [-0.05, 0) is 66.1 Å². The van der Waals surface area contributed by atoms with E-state index < -0.39 is 17.4 Å². The van der Waals surface area contributed by atoms with Gasteiger partial charge in [-0.15, -0.1) is 0 Å². The van der Waals surface area contributed by atoms with Crippen LogP contribution >= 0.6 is 0 Å². The number of hydrogen-bond donors (Lipinski definition) is 2. The van der Waals surface area contributed by atoms with Gasteiger partial charge in [0, 0.05) is 16.7 Å². The zero-order valence-corrected chi connectivity index (χ0v) is 20.2. The summed E-state index contributed by atoms with van der Waals surface area (Å²) in [5, 5.41) is 18.5. The SMILES string of the molecule is Cc1ccc([C@@H](c2ccc3c(cnn3-c3ccc(F)cc3)c2)[C@@H](CO)NC(=O)C(C)(C)C)cc1F. The summed E-state index contributed by atoms with van der Waals surface area (Å²) in [4.78, 5) is 12.8. The molecule has 7 heteroatoms. The Labute approximate surface area is 203 Å². The van der Waals surface area contributed by atoms with Gasteiger partial charge in [-0.3, -0.25) is 4.79 Å². The molecule has 1 heterocycles. The van der Waals surface area contributed by atoms with Gasteiger partial charge < -0.3 is 10.4 Å². The average Bonchev–Trinajstić information content (AvgIpc) is 3.24. The fourth-order valence-electron chi connectivity index (χ4n) is 4.11. The largest absolute Gasteiger partial charge is 0.394 e. The summed E-state index contributed by atoms with van der Waals surface area (Å²) in [5.41, 5.74) is 2.84. The number of carbonyl (C=O) groups excluding carboxylic acids is 1. The van der Waals surface area contributed by atoms with Gasteiger partial charge in [-0.25, -0.2) is 13.5 Å². The maximum Gasteiger partial charge on any atom is 0.225 e. The summed E-state index contributed by atoms with van der Waals surface area (Å²) in [6.07, 6.45) is 1.71. The van der Waals surface area contributed by atoms with Crippen LogP contribution in [-0.2, 0) is 4.79 Å². The normalized spacial score (nSPS) is 13.6. The quantitative estimate of drug-likeness (QED) is 0.398. The van der Waals surface area contributed by atoms with Gasteiger partial charge in [-0.2, -0.15) is 5.10 Å². The highest BCUT2D eigenvalue weighted by atomic mass is 19.1. The third-order valence-corrected chi connectivity index (χ3v) is 6.17. The van der Waals surface area contributed by atoms with Crippen molar-refractivity contribution in [2.45, 2.75) is 39.7 Å². The van der Waals surface area contributed by atoms with E-state index in [1.807, 2.05) is 24.3 Å². The van der Waals surface area contributed by atoms with Crippen LogP contribution in [0.25, 0.3) is 16.6 Å². The van der Waals surface area contributed by atoms with Crippen LogP contribution in [0.3, 0.4) is 0 Å². The van der Waals surface area contributed by atoms with E-state index in [-0.39, 0.29) is 24.1 Å². The maximum absolute atomic E-state index is 14.6. The van der Waals surface area contributed by atoms with Crippen LogP contribution in [0.1, 0.15) is 43.4 Å². The Balaban J connectivity index is 1.80. The maximum atomic E-state index is 14.6. The Hall–Kier alpha value is -3.58. The molecule has 0 bridgehead atoms. The predicted molar refractivity (Wildman–Crippen MR) is 132 cm³/mol. The molecule has 0 aliphatic heterocycles. The van der Waals surface area contributed by atoms with Crippen LogP contribution in [0.4, 0.5) is 8.78 Å². The van der Waals surface area contributed by atoms with Crippen LogP contribution in [0.5, 0.6) is 0 Å². The first kappa shape index (κ1) is 24.5. The van der Waals surface area contributed by atoms with E-state index in [1.54, 1.807) is 56.8 Å². The number of rotatable bonds is 6. The van der Waals surface area contributed by atoms with Crippen molar-refractivity contribution in [1.29, 1.82) is 0 Å². The second-order valence-corrected chi connectivity index (χ2v) is 9.85. The molecule has 0 unspecified atom stereocenters. The molecule has 0 spiro atoms. The third-order valence-electron chi connectivity index (χ3n) is 6.17. The van der Waals surface area contributed by atoms with Crippen LogP contribution in [0, 0.1) is 24.0 Å². The minimum Gasteiger partial charge on any atom is -0.394 e. The third kappa shape index (κ3) is 5.10. The number of fused-ring (bicyclic) bond motifs is 1. The standard InChI is InChI=1S/C28H29F2N3O2/c1-17-5-6-19(14-23(17)30)26(24(16-34)32-27(35)28(2,3)4)18-7-12-25-20(13-18)15-31-33(25)22-10-8-21(29)9-11-22/h5-15,24,26,34H,16H2,1-4H3,(H,32,35)/t24-,26-/m1/s1. The van der Waals surface area contributed by atoms with E-state index in [4.69, 9.17) is 0 Å². The molecule has 35 heavy (non-hydrogen) atoms. The average molecular weight is 478 g/mol. The van der Waals surface area contributed by atoms with Gasteiger partial charge in [0.2, 0.25) is 5.91 Å². The Morgan fingerprint density at radius 3 is 2.31 bits per heavy atom. The predicted octanol–water partition coefficient (Wildman–Crippen LogP) is 5.27. The number of carbonyl (C=O) groups is 1. The number of hydrogen-bond acceptors (Lipinski definition) is 3. The summed E-state index contributed by atoms with van der Waals surface area (Å²) in [6.45, 7) is 6.76. The monoisotopic (exact) mass is 477 g/mol. The number of aliphatic hydroxyl groups is 1. The van der Waals surface area contributed by atoms with E-state index in [0.717, 1.165) is 22.2 Å². The molecular weight excluding hydrogens is 448 g/mol. The number of aromatic nitrogens is 2. The summed E-state index contributed by atoms with van der Waals surface area (Å²) in [7, 11) is 0. The highest BCUT2D eigenvalue weighted by molar-refractivity contribution is 5.83. The number of nitrogens with one attached hydrogen (secondary N) is 1. The van der Waals surface area contributed by atoms with E-state index >= 15 is 0 Å². The van der Waals surface area contributed by atoms with Crippen molar-refractivity contribution in [2.24, 2.45) is 5.41 Å². The van der Waals surface area contributed by atoms with Crippen molar-refractivity contribution in [3.05, 3.63) is 95.2 Å². The second kappa shape index (κ2) is 9.58. The summed E-state index contributed by atoms with van der Waals surface area (Å²) < 4.78 is 29.6. The van der Waals surface area contributed by atoms with Gasteiger partial charge in [0.15, 0.2) is 0 Å². The van der Waals surface area contributed by atoms with Crippen LogP contribution in [0.2, 0.25) is 0 Å². The fourth-order valence-corrected chi connectivity index (χ4v) is 4.11. The molecule has 1 amide bonds.